The highest BCUT2D eigenvalue weighted by Crippen LogP contribution is 2.38. The van der Waals surface area contributed by atoms with Crippen LogP contribution in [-0.2, 0) is 0 Å². The predicted octanol–water partition coefficient (Wildman–Crippen LogP) is 5.47. The van der Waals surface area contributed by atoms with Gasteiger partial charge in [0.25, 0.3) is 5.91 Å². The van der Waals surface area contributed by atoms with Crippen LogP contribution in [0.4, 0.5) is 36.8 Å². The van der Waals surface area contributed by atoms with Crippen LogP contribution in [0, 0.1) is 11.6 Å². The molecule has 0 aliphatic carbocycles. The molecule has 0 aliphatic rings. The quantitative estimate of drug-likeness (QED) is 0.594. The molecule has 2 rings (SSSR count). The first-order valence-electron chi connectivity index (χ1n) is 7.33. The fraction of sp³-hybridized carbons (Fsp3) is 0.125. The Balaban J connectivity index is 2.12. The monoisotopic (exact) mass is 460 g/mol. The molecular weight excluding hydrogens is 453 g/mol. The number of ether oxygens (including phenoxy) is 1. The fourth-order valence-corrected chi connectivity index (χ4v) is 2.53. The molecule has 0 bridgehead atoms. The second-order valence-corrected chi connectivity index (χ2v) is 6.06. The number of imide groups is 1. The lowest BCUT2D eigenvalue weighted by Crippen LogP contribution is -2.35. The van der Waals surface area contributed by atoms with Crippen LogP contribution in [0.3, 0.4) is 0 Å². The third kappa shape index (κ3) is 5.67. The van der Waals surface area contributed by atoms with E-state index in [1.807, 2.05) is 5.32 Å². The number of halogens is 8. The smallest absolute Gasteiger partial charge is 0.449 e. The Bertz CT molecular complexity index is 911. The lowest BCUT2D eigenvalue weighted by molar-refractivity contribution is -0.236. The second kappa shape index (κ2) is 8.78. The van der Waals surface area contributed by atoms with Crippen molar-refractivity contribution >= 4 is 40.8 Å². The number of hydrogen-bond acceptors (Lipinski definition) is 3. The van der Waals surface area contributed by atoms with Crippen LogP contribution in [0.1, 0.15) is 10.4 Å². The molecule has 0 saturated carbocycles. The summed E-state index contributed by atoms with van der Waals surface area (Å²) in [4.78, 5) is 23.6. The minimum atomic E-state index is -5.33. The molecule has 0 radical (unpaired) electrons. The number of carbonyl (C=O) groups excluding carboxylic acids is 2. The van der Waals surface area contributed by atoms with Gasteiger partial charge in [-0.1, -0.05) is 29.3 Å². The molecule has 13 heteroatoms. The van der Waals surface area contributed by atoms with Crippen LogP contribution in [-0.4, -0.2) is 24.5 Å². The van der Waals surface area contributed by atoms with Gasteiger partial charge in [0, 0.05) is 5.69 Å². The minimum Gasteiger partial charge on any atom is -0.449 e. The van der Waals surface area contributed by atoms with E-state index in [1.54, 1.807) is 5.32 Å². The van der Waals surface area contributed by atoms with Crippen LogP contribution in [0.5, 0.6) is 5.75 Å². The largest absolute Gasteiger partial charge is 0.457 e. The van der Waals surface area contributed by atoms with E-state index >= 15 is 0 Å². The molecule has 0 fully saturated rings. The fourth-order valence-electron chi connectivity index (χ4n) is 1.96. The van der Waals surface area contributed by atoms with Gasteiger partial charge in [0.15, 0.2) is 5.75 Å². The Morgan fingerprint density at radius 2 is 1.55 bits per heavy atom. The Morgan fingerprint density at radius 1 is 1.03 bits per heavy atom. The summed E-state index contributed by atoms with van der Waals surface area (Å²) in [6.45, 7) is 0. The standard InChI is InChI=1S/C16H8Cl2F6N2O3/c17-7-4-6(5-8(18)12(7)29-14(21)16(22,23)24)25-15(28)26-13(27)11-9(19)2-1-3-10(11)20/h1-5,14H,(H2,25,26,27,28). The number of urea groups is 1. The first kappa shape index (κ1) is 22.6. The van der Waals surface area contributed by atoms with Gasteiger partial charge in [0.1, 0.15) is 17.2 Å². The maximum Gasteiger partial charge on any atom is 0.457 e. The van der Waals surface area contributed by atoms with Crippen molar-refractivity contribution in [3.8, 4) is 5.75 Å². The van der Waals surface area contributed by atoms with E-state index in [2.05, 4.69) is 4.74 Å². The number of anilines is 1. The third-order valence-corrected chi connectivity index (χ3v) is 3.71. The van der Waals surface area contributed by atoms with E-state index in [0.29, 0.717) is 0 Å². The number of amides is 3. The maximum atomic E-state index is 13.5. The predicted molar refractivity (Wildman–Crippen MR) is 90.9 cm³/mol. The van der Waals surface area contributed by atoms with Crippen molar-refractivity contribution in [1.82, 2.24) is 5.32 Å². The zero-order valence-corrected chi connectivity index (χ0v) is 15.2. The maximum absolute atomic E-state index is 13.5. The van der Waals surface area contributed by atoms with Crippen LogP contribution >= 0.6 is 23.2 Å². The number of benzene rings is 2. The van der Waals surface area contributed by atoms with Gasteiger partial charge in [-0.05, 0) is 24.3 Å². The van der Waals surface area contributed by atoms with Crippen molar-refractivity contribution in [2.75, 3.05) is 5.32 Å². The van der Waals surface area contributed by atoms with Crippen LogP contribution < -0.4 is 15.4 Å². The lowest BCUT2D eigenvalue weighted by atomic mass is 10.2. The topological polar surface area (TPSA) is 67.4 Å². The molecule has 2 aromatic carbocycles. The van der Waals surface area contributed by atoms with E-state index in [-0.39, 0.29) is 5.69 Å². The Labute approximate surface area is 168 Å². The van der Waals surface area contributed by atoms with Crippen molar-refractivity contribution in [1.29, 1.82) is 0 Å². The summed E-state index contributed by atoms with van der Waals surface area (Å²) >= 11 is 11.3. The highest BCUT2D eigenvalue weighted by Gasteiger charge is 2.43. The van der Waals surface area contributed by atoms with Crippen molar-refractivity contribution < 1.29 is 40.7 Å². The van der Waals surface area contributed by atoms with Gasteiger partial charge in [-0.25, -0.2) is 13.6 Å². The number of alkyl halides is 4. The normalized spacial score (nSPS) is 12.3. The number of rotatable bonds is 4. The van der Waals surface area contributed by atoms with Crippen molar-refractivity contribution in [2.45, 2.75) is 12.5 Å². The van der Waals surface area contributed by atoms with Gasteiger partial charge < -0.3 is 10.1 Å². The molecule has 5 nitrogen and oxygen atoms in total. The van der Waals surface area contributed by atoms with Crippen LogP contribution in [0.2, 0.25) is 10.0 Å². The SMILES string of the molecule is O=C(NC(=O)c1c(F)cccc1F)Nc1cc(Cl)c(OC(F)C(F)(F)F)c(Cl)c1. The zero-order valence-electron chi connectivity index (χ0n) is 13.7. The molecule has 156 valence electrons. The summed E-state index contributed by atoms with van der Waals surface area (Å²) in [7, 11) is 0. The molecule has 0 aromatic heterocycles. The van der Waals surface area contributed by atoms with Crippen molar-refractivity contribution in [3.63, 3.8) is 0 Å². The number of nitrogens with one attached hydrogen (secondary N) is 2. The molecule has 1 unspecified atom stereocenters. The molecular formula is C16H8Cl2F6N2O3. The summed E-state index contributed by atoms with van der Waals surface area (Å²) in [5.41, 5.74) is -1.25. The van der Waals surface area contributed by atoms with E-state index in [1.165, 1.54) is 0 Å². The van der Waals surface area contributed by atoms with Crippen LogP contribution in [0.25, 0.3) is 0 Å². The Morgan fingerprint density at radius 3 is 2.03 bits per heavy atom. The Hall–Kier alpha value is -2.66. The lowest BCUT2D eigenvalue weighted by Gasteiger charge is -2.17. The van der Waals surface area contributed by atoms with Gasteiger partial charge >= 0.3 is 18.6 Å². The molecule has 1 atom stereocenters. The minimum absolute atomic E-state index is 0.242. The van der Waals surface area contributed by atoms with Gasteiger partial charge in [-0.3, -0.25) is 10.1 Å². The molecule has 0 spiro atoms. The van der Waals surface area contributed by atoms with E-state index in [9.17, 15) is 35.9 Å². The average Bonchev–Trinajstić information content (AvgIpc) is 2.56. The second-order valence-electron chi connectivity index (χ2n) is 5.25. The summed E-state index contributed by atoms with van der Waals surface area (Å²) in [6.07, 6.45) is -9.03. The molecule has 2 N–H and O–H groups in total. The highest BCUT2D eigenvalue weighted by atomic mass is 35.5. The van der Waals surface area contributed by atoms with Gasteiger partial charge in [-0.15, -0.1) is 0 Å². The number of carbonyl (C=O) groups is 2. The van der Waals surface area contributed by atoms with Gasteiger partial charge in [0.05, 0.1) is 10.0 Å². The summed E-state index contributed by atoms with van der Waals surface area (Å²) in [5.74, 6) is -4.67. The first-order valence-corrected chi connectivity index (χ1v) is 8.08. The van der Waals surface area contributed by atoms with Crippen LogP contribution in [0.15, 0.2) is 30.3 Å². The summed E-state index contributed by atoms with van der Waals surface area (Å²) in [6, 6.07) is 3.03. The highest BCUT2D eigenvalue weighted by molar-refractivity contribution is 6.37. The number of hydrogen-bond donors (Lipinski definition) is 2. The van der Waals surface area contributed by atoms with E-state index in [4.69, 9.17) is 23.2 Å². The molecule has 29 heavy (non-hydrogen) atoms. The molecule has 3 amide bonds. The summed E-state index contributed by atoms with van der Waals surface area (Å²) < 4.78 is 80.8. The van der Waals surface area contributed by atoms with Crippen molar-refractivity contribution in [2.24, 2.45) is 0 Å². The van der Waals surface area contributed by atoms with Gasteiger partial charge in [-0.2, -0.15) is 17.6 Å². The van der Waals surface area contributed by atoms with E-state index in [0.717, 1.165) is 30.3 Å². The first-order chi connectivity index (χ1) is 13.4. The van der Waals surface area contributed by atoms with E-state index < -0.39 is 57.5 Å². The zero-order chi connectivity index (χ0) is 21.9. The molecule has 0 aliphatic heterocycles. The molecule has 0 saturated heterocycles. The summed E-state index contributed by atoms with van der Waals surface area (Å²) in [5, 5.41) is 2.47. The average molecular weight is 461 g/mol. The molecule has 2 aromatic rings. The Kier molecular flexibility index (Phi) is 6.85. The van der Waals surface area contributed by atoms with Crippen molar-refractivity contribution in [3.05, 3.63) is 57.6 Å². The van der Waals surface area contributed by atoms with Gasteiger partial charge in [0.2, 0.25) is 0 Å². The third-order valence-electron chi connectivity index (χ3n) is 3.15. The molecule has 0 heterocycles.